The molecule has 0 unspecified atom stereocenters. The van der Waals surface area contributed by atoms with Crippen LogP contribution in [0.5, 0.6) is 0 Å². The number of amides is 1. The Kier molecular flexibility index (Phi) is 4.94. The molecule has 0 saturated carbocycles. The van der Waals surface area contributed by atoms with Crippen LogP contribution >= 0.6 is 0 Å². The van der Waals surface area contributed by atoms with Crippen molar-refractivity contribution in [1.82, 2.24) is 5.32 Å². The number of aromatic carboxylic acids is 1. The monoisotopic (exact) mass is 371 g/mol. The van der Waals surface area contributed by atoms with E-state index in [2.05, 4.69) is 29.6 Å². The topological polar surface area (TPSA) is 66.4 Å². The molecule has 0 aromatic heterocycles. The molecule has 2 N–H and O–H groups in total. The summed E-state index contributed by atoms with van der Waals surface area (Å²) in [6.45, 7) is 0.416. The zero-order valence-corrected chi connectivity index (χ0v) is 15.4. The van der Waals surface area contributed by atoms with Gasteiger partial charge in [0.15, 0.2) is 0 Å². The van der Waals surface area contributed by atoms with E-state index in [-0.39, 0.29) is 17.4 Å². The van der Waals surface area contributed by atoms with Crippen LogP contribution in [0.1, 0.15) is 39.4 Å². The minimum atomic E-state index is -0.943. The summed E-state index contributed by atoms with van der Waals surface area (Å²) in [5, 5.41) is 12.2. The van der Waals surface area contributed by atoms with Crippen LogP contribution in [0.3, 0.4) is 0 Å². The van der Waals surface area contributed by atoms with Gasteiger partial charge in [0.05, 0.1) is 5.56 Å². The Hall–Kier alpha value is -3.40. The van der Waals surface area contributed by atoms with E-state index < -0.39 is 5.97 Å². The number of carboxylic acids is 1. The molecule has 1 aliphatic rings. The van der Waals surface area contributed by atoms with Gasteiger partial charge >= 0.3 is 5.97 Å². The normalized spacial score (nSPS) is 12.3. The van der Waals surface area contributed by atoms with Crippen molar-refractivity contribution in [1.29, 1.82) is 0 Å². The second-order valence-electron chi connectivity index (χ2n) is 6.99. The third kappa shape index (κ3) is 3.41. The standard InChI is InChI=1S/C24H21NO3/c26-23(25-14-13-16-7-1-2-8-17(16)24(27)28)15-22-20-11-5-3-9-18(20)19-10-4-6-12-21(19)22/h1-12,22H,13-15H2,(H,25,26)(H,27,28). The molecule has 1 aliphatic carbocycles. The third-order valence-electron chi connectivity index (χ3n) is 5.32. The Bertz CT molecular complexity index is 996. The largest absolute Gasteiger partial charge is 0.478 e. The average molecular weight is 371 g/mol. The average Bonchev–Trinajstić information content (AvgIpc) is 3.02. The van der Waals surface area contributed by atoms with Crippen molar-refractivity contribution >= 4 is 11.9 Å². The molecular formula is C24H21NO3. The molecule has 0 atom stereocenters. The van der Waals surface area contributed by atoms with Gasteiger partial charge in [-0.25, -0.2) is 4.79 Å². The van der Waals surface area contributed by atoms with Crippen LogP contribution in [0, 0.1) is 0 Å². The molecule has 0 heterocycles. The molecule has 0 radical (unpaired) electrons. The van der Waals surface area contributed by atoms with Crippen LogP contribution in [-0.2, 0) is 11.2 Å². The van der Waals surface area contributed by atoms with Gasteiger partial charge in [-0.3, -0.25) is 4.79 Å². The van der Waals surface area contributed by atoms with Gasteiger partial charge in [-0.1, -0.05) is 66.7 Å². The van der Waals surface area contributed by atoms with Crippen LogP contribution in [-0.4, -0.2) is 23.5 Å². The molecule has 1 amide bonds. The van der Waals surface area contributed by atoms with E-state index in [1.165, 1.54) is 22.3 Å². The first kappa shape index (κ1) is 18.0. The van der Waals surface area contributed by atoms with Gasteiger partial charge in [-0.15, -0.1) is 0 Å². The maximum Gasteiger partial charge on any atom is 0.335 e. The molecule has 3 aromatic rings. The fourth-order valence-corrected chi connectivity index (χ4v) is 4.02. The Morgan fingerprint density at radius 2 is 1.39 bits per heavy atom. The van der Waals surface area contributed by atoms with E-state index in [0.717, 1.165) is 5.56 Å². The first-order valence-corrected chi connectivity index (χ1v) is 9.41. The molecule has 0 bridgehead atoms. The van der Waals surface area contributed by atoms with E-state index >= 15 is 0 Å². The highest BCUT2D eigenvalue weighted by Gasteiger charge is 2.29. The van der Waals surface area contributed by atoms with Crippen molar-refractivity contribution in [3.05, 3.63) is 95.1 Å². The SMILES string of the molecule is O=C(CC1c2ccccc2-c2ccccc21)NCCc1ccccc1C(=O)O. The fraction of sp³-hybridized carbons (Fsp3) is 0.167. The number of hydrogen-bond acceptors (Lipinski definition) is 2. The van der Waals surface area contributed by atoms with Gasteiger partial charge in [0.25, 0.3) is 0 Å². The summed E-state index contributed by atoms with van der Waals surface area (Å²) in [4.78, 5) is 23.9. The predicted molar refractivity (Wildman–Crippen MR) is 108 cm³/mol. The summed E-state index contributed by atoms with van der Waals surface area (Å²) in [7, 11) is 0. The minimum absolute atomic E-state index is 0.0238. The Morgan fingerprint density at radius 1 is 0.821 bits per heavy atom. The number of carboxylic acid groups (broad SMARTS) is 1. The third-order valence-corrected chi connectivity index (χ3v) is 5.32. The molecule has 0 saturated heterocycles. The zero-order chi connectivity index (χ0) is 19.5. The number of hydrogen-bond donors (Lipinski definition) is 2. The smallest absolute Gasteiger partial charge is 0.335 e. The van der Waals surface area contributed by atoms with Gasteiger partial charge in [-0.05, 0) is 40.3 Å². The summed E-state index contributed by atoms with van der Waals surface area (Å²) in [6, 6.07) is 23.4. The predicted octanol–water partition coefficient (Wildman–Crippen LogP) is 4.25. The number of benzene rings is 3. The minimum Gasteiger partial charge on any atom is -0.478 e. The quantitative estimate of drug-likeness (QED) is 0.681. The van der Waals surface area contributed by atoms with Crippen LogP contribution in [0.25, 0.3) is 11.1 Å². The molecule has 0 fully saturated rings. The fourth-order valence-electron chi connectivity index (χ4n) is 4.02. The molecule has 140 valence electrons. The summed E-state index contributed by atoms with van der Waals surface area (Å²) < 4.78 is 0. The number of carbonyl (C=O) groups is 2. The van der Waals surface area contributed by atoms with Crippen LogP contribution in [0.15, 0.2) is 72.8 Å². The van der Waals surface area contributed by atoms with Crippen molar-refractivity contribution in [2.75, 3.05) is 6.54 Å². The second kappa shape index (κ2) is 7.69. The number of fused-ring (bicyclic) bond motifs is 3. The molecule has 3 aromatic carbocycles. The molecule has 4 rings (SSSR count). The first-order valence-electron chi connectivity index (χ1n) is 9.41. The summed E-state index contributed by atoms with van der Waals surface area (Å²) in [6.07, 6.45) is 0.876. The van der Waals surface area contributed by atoms with Crippen LogP contribution in [0.2, 0.25) is 0 Å². The van der Waals surface area contributed by atoms with E-state index in [1.54, 1.807) is 18.2 Å². The zero-order valence-electron chi connectivity index (χ0n) is 15.4. The van der Waals surface area contributed by atoms with Gasteiger partial charge in [0.2, 0.25) is 5.91 Å². The summed E-state index contributed by atoms with van der Waals surface area (Å²) >= 11 is 0. The van der Waals surface area contributed by atoms with E-state index in [4.69, 9.17) is 0 Å². The number of carbonyl (C=O) groups excluding carboxylic acids is 1. The Morgan fingerprint density at radius 3 is 2.04 bits per heavy atom. The van der Waals surface area contributed by atoms with Crippen molar-refractivity contribution in [3.8, 4) is 11.1 Å². The lowest BCUT2D eigenvalue weighted by Crippen LogP contribution is -2.27. The van der Waals surface area contributed by atoms with E-state index in [9.17, 15) is 14.7 Å². The van der Waals surface area contributed by atoms with Gasteiger partial charge in [0.1, 0.15) is 0 Å². The van der Waals surface area contributed by atoms with Gasteiger partial charge < -0.3 is 10.4 Å². The van der Waals surface area contributed by atoms with Gasteiger partial charge in [0, 0.05) is 18.9 Å². The van der Waals surface area contributed by atoms with Crippen molar-refractivity contribution < 1.29 is 14.7 Å². The highest BCUT2D eigenvalue weighted by Crippen LogP contribution is 2.45. The molecular weight excluding hydrogens is 350 g/mol. The maximum atomic E-state index is 12.6. The van der Waals surface area contributed by atoms with Crippen molar-refractivity contribution in [2.45, 2.75) is 18.8 Å². The summed E-state index contributed by atoms with van der Waals surface area (Å²) in [5.74, 6) is -0.913. The Balaban J connectivity index is 1.43. The number of nitrogens with one attached hydrogen (secondary N) is 1. The maximum absolute atomic E-state index is 12.6. The number of rotatable bonds is 6. The Labute approximate surface area is 163 Å². The highest BCUT2D eigenvalue weighted by atomic mass is 16.4. The molecule has 4 nitrogen and oxygen atoms in total. The van der Waals surface area contributed by atoms with E-state index in [0.29, 0.717) is 19.4 Å². The highest BCUT2D eigenvalue weighted by molar-refractivity contribution is 5.89. The molecule has 28 heavy (non-hydrogen) atoms. The lowest BCUT2D eigenvalue weighted by molar-refractivity contribution is -0.121. The molecule has 0 aliphatic heterocycles. The molecule has 4 heteroatoms. The van der Waals surface area contributed by atoms with Gasteiger partial charge in [-0.2, -0.15) is 0 Å². The summed E-state index contributed by atoms with van der Waals surface area (Å²) in [5.41, 5.74) is 5.80. The van der Waals surface area contributed by atoms with Crippen LogP contribution in [0.4, 0.5) is 0 Å². The van der Waals surface area contributed by atoms with Crippen molar-refractivity contribution in [3.63, 3.8) is 0 Å². The second-order valence-corrected chi connectivity index (χ2v) is 6.99. The van der Waals surface area contributed by atoms with E-state index in [1.807, 2.05) is 30.3 Å². The first-order chi connectivity index (χ1) is 13.6. The molecule has 0 spiro atoms. The van der Waals surface area contributed by atoms with Crippen molar-refractivity contribution in [2.24, 2.45) is 0 Å². The lowest BCUT2D eigenvalue weighted by Gasteiger charge is -2.14. The van der Waals surface area contributed by atoms with Crippen LogP contribution < -0.4 is 5.32 Å². The lowest BCUT2D eigenvalue weighted by atomic mass is 9.93.